The smallest absolute Gasteiger partial charge is 0.325 e. The lowest BCUT2D eigenvalue weighted by atomic mass is 9.85. The van der Waals surface area contributed by atoms with E-state index in [0.29, 0.717) is 31.5 Å². The first kappa shape index (κ1) is 18.4. The Hall–Kier alpha value is -2.44. The number of urea groups is 1. The molecule has 0 saturated carbocycles. The molecule has 6 nitrogen and oxygen atoms in total. The van der Waals surface area contributed by atoms with Crippen LogP contribution in [0, 0.1) is 11.2 Å². The third kappa shape index (κ3) is 3.30. The van der Waals surface area contributed by atoms with Gasteiger partial charge in [-0.15, -0.1) is 0 Å². The molecule has 0 radical (unpaired) electrons. The quantitative estimate of drug-likeness (QED) is 0.822. The van der Waals surface area contributed by atoms with Crippen LogP contribution in [0.3, 0.4) is 0 Å². The van der Waals surface area contributed by atoms with Crippen molar-refractivity contribution in [1.29, 1.82) is 0 Å². The summed E-state index contributed by atoms with van der Waals surface area (Å²) in [7, 11) is 0. The number of hydrogen-bond acceptors (Lipinski definition) is 3. The highest BCUT2D eigenvalue weighted by Crippen LogP contribution is 2.32. The van der Waals surface area contributed by atoms with E-state index in [2.05, 4.69) is 5.32 Å². The number of benzene rings is 1. The summed E-state index contributed by atoms with van der Waals surface area (Å²) in [6.45, 7) is 6.59. The van der Waals surface area contributed by atoms with E-state index in [1.54, 1.807) is 17.0 Å². The van der Waals surface area contributed by atoms with Gasteiger partial charge >= 0.3 is 6.03 Å². The Morgan fingerprint density at radius 2 is 1.73 bits per heavy atom. The molecule has 140 valence electrons. The molecule has 3 rings (SSSR count). The molecule has 1 N–H and O–H groups in total. The molecular weight excluding hydrogens is 337 g/mol. The topological polar surface area (TPSA) is 69.7 Å². The molecular formula is C19H24FN3O3. The van der Waals surface area contributed by atoms with Crippen LogP contribution in [-0.2, 0) is 16.1 Å². The van der Waals surface area contributed by atoms with Crippen LogP contribution in [0.25, 0.3) is 0 Å². The fraction of sp³-hybridized carbons (Fsp3) is 0.526. The molecule has 2 aliphatic heterocycles. The van der Waals surface area contributed by atoms with Gasteiger partial charge in [0.2, 0.25) is 5.91 Å². The summed E-state index contributed by atoms with van der Waals surface area (Å²) in [5.41, 5.74) is -0.722. The first-order valence-electron chi connectivity index (χ1n) is 8.80. The fourth-order valence-electron chi connectivity index (χ4n) is 3.50. The van der Waals surface area contributed by atoms with Gasteiger partial charge in [0.15, 0.2) is 0 Å². The van der Waals surface area contributed by atoms with Gasteiger partial charge in [0.1, 0.15) is 11.4 Å². The highest BCUT2D eigenvalue weighted by Gasteiger charge is 2.52. The van der Waals surface area contributed by atoms with Gasteiger partial charge in [0.05, 0.1) is 6.54 Å². The number of imide groups is 1. The third-order valence-electron chi connectivity index (χ3n) is 5.05. The van der Waals surface area contributed by atoms with Gasteiger partial charge in [0.25, 0.3) is 5.91 Å². The van der Waals surface area contributed by atoms with Crippen molar-refractivity contribution in [2.24, 2.45) is 5.41 Å². The highest BCUT2D eigenvalue weighted by atomic mass is 19.1. The minimum Gasteiger partial charge on any atom is -0.342 e. The zero-order chi connectivity index (χ0) is 19.1. The van der Waals surface area contributed by atoms with E-state index >= 15 is 0 Å². The van der Waals surface area contributed by atoms with E-state index in [-0.39, 0.29) is 24.2 Å². The van der Waals surface area contributed by atoms with Gasteiger partial charge in [0, 0.05) is 18.5 Å². The first-order valence-corrected chi connectivity index (χ1v) is 8.80. The Morgan fingerprint density at radius 1 is 1.15 bits per heavy atom. The molecule has 0 atom stereocenters. The molecule has 0 bridgehead atoms. The Balaban J connectivity index is 1.69. The number of carbonyl (C=O) groups excluding carboxylic acids is 3. The molecule has 2 fully saturated rings. The number of halogens is 1. The minimum absolute atomic E-state index is 0.0484. The summed E-state index contributed by atoms with van der Waals surface area (Å²) in [6.07, 6.45) is 0.804. The summed E-state index contributed by atoms with van der Waals surface area (Å²) in [6, 6.07) is 5.30. The molecule has 26 heavy (non-hydrogen) atoms. The first-order chi connectivity index (χ1) is 12.1. The van der Waals surface area contributed by atoms with Crippen molar-refractivity contribution in [3.8, 4) is 0 Å². The predicted molar refractivity (Wildman–Crippen MR) is 93.5 cm³/mol. The van der Waals surface area contributed by atoms with Crippen LogP contribution in [0.1, 0.15) is 39.2 Å². The van der Waals surface area contributed by atoms with Crippen molar-refractivity contribution in [3.05, 3.63) is 35.6 Å². The van der Waals surface area contributed by atoms with Crippen LogP contribution in [-0.4, -0.2) is 46.3 Å². The van der Waals surface area contributed by atoms with Gasteiger partial charge in [-0.1, -0.05) is 32.9 Å². The van der Waals surface area contributed by atoms with E-state index in [0.717, 1.165) is 0 Å². The van der Waals surface area contributed by atoms with E-state index < -0.39 is 17.0 Å². The van der Waals surface area contributed by atoms with Gasteiger partial charge < -0.3 is 10.2 Å². The largest absolute Gasteiger partial charge is 0.342 e. The van der Waals surface area contributed by atoms with Gasteiger partial charge in [-0.05, 0) is 30.5 Å². The van der Waals surface area contributed by atoms with Crippen LogP contribution < -0.4 is 5.32 Å². The number of hydrogen-bond donors (Lipinski definition) is 1. The maximum absolute atomic E-state index is 13.0. The van der Waals surface area contributed by atoms with Crippen LogP contribution in [0.5, 0.6) is 0 Å². The maximum Gasteiger partial charge on any atom is 0.325 e. The standard InChI is InChI=1S/C19H24FN3O3/c1-18(2,3)15(24)22-10-8-19(9-11-22)16(25)23(17(26)21-19)12-13-4-6-14(20)7-5-13/h4-7H,8-12H2,1-3H3,(H,21,26). The number of nitrogens with one attached hydrogen (secondary N) is 1. The van der Waals surface area contributed by atoms with E-state index in [4.69, 9.17) is 0 Å². The third-order valence-corrected chi connectivity index (χ3v) is 5.05. The average molecular weight is 361 g/mol. The van der Waals surface area contributed by atoms with Crippen LogP contribution in [0.15, 0.2) is 24.3 Å². The number of rotatable bonds is 2. The van der Waals surface area contributed by atoms with Crippen LogP contribution in [0.2, 0.25) is 0 Å². The van der Waals surface area contributed by atoms with Crippen molar-refractivity contribution in [2.45, 2.75) is 45.7 Å². The van der Waals surface area contributed by atoms with Gasteiger partial charge in [-0.3, -0.25) is 14.5 Å². The SMILES string of the molecule is CC(C)(C)C(=O)N1CCC2(CC1)NC(=O)N(Cc1ccc(F)cc1)C2=O. The second-order valence-corrected chi connectivity index (χ2v) is 8.07. The number of amides is 4. The molecule has 0 aliphatic carbocycles. The van der Waals surface area contributed by atoms with Crippen molar-refractivity contribution >= 4 is 17.8 Å². The maximum atomic E-state index is 13.0. The van der Waals surface area contributed by atoms with E-state index in [1.165, 1.54) is 17.0 Å². The summed E-state index contributed by atoms with van der Waals surface area (Å²) < 4.78 is 13.0. The second-order valence-electron chi connectivity index (χ2n) is 8.07. The van der Waals surface area contributed by atoms with Crippen molar-refractivity contribution in [1.82, 2.24) is 15.1 Å². The summed E-state index contributed by atoms with van der Waals surface area (Å²) >= 11 is 0. The molecule has 2 saturated heterocycles. The number of carbonyl (C=O) groups is 3. The Kier molecular flexibility index (Phi) is 4.50. The number of nitrogens with zero attached hydrogens (tertiary/aromatic N) is 2. The minimum atomic E-state index is -0.939. The lowest BCUT2D eigenvalue weighted by molar-refractivity contribution is -0.144. The van der Waals surface area contributed by atoms with Crippen molar-refractivity contribution in [2.75, 3.05) is 13.1 Å². The van der Waals surface area contributed by atoms with Gasteiger partial charge in [-0.2, -0.15) is 0 Å². The zero-order valence-corrected chi connectivity index (χ0v) is 15.3. The van der Waals surface area contributed by atoms with Crippen molar-refractivity contribution in [3.63, 3.8) is 0 Å². The monoisotopic (exact) mass is 361 g/mol. The molecule has 1 aromatic rings. The van der Waals surface area contributed by atoms with Crippen LogP contribution in [0.4, 0.5) is 9.18 Å². The molecule has 2 aliphatic rings. The number of likely N-dealkylation sites (tertiary alicyclic amines) is 1. The summed E-state index contributed by atoms with van der Waals surface area (Å²) in [5, 5.41) is 2.82. The lowest BCUT2D eigenvalue weighted by Crippen LogP contribution is -2.57. The van der Waals surface area contributed by atoms with E-state index in [9.17, 15) is 18.8 Å². The molecule has 1 aromatic carbocycles. The molecule has 0 aromatic heterocycles. The second kappa shape index (κ2) is 6.37. The van der Waals surface area contributed by atoms with Crippen molar-refractivity contribution < 1.29 is 18.8 Å². The Morgan fingerprint density at radius 3 is 2.27 bits per heavy atom. The molecule has 7 heteroatoms. The molecule has 1 spiro atoms. The predicted octanol–water partition coefficient (Wildman–Crippen LogP) is 2.28. The summed E-state index contributed by atoms with van der Waals surface area (Å²) in [4.78, 5) is 40.6. The molecule has 4 amide bonds. The highest BCUT2D eigenvalue weighted by molar-refractivity contribution is 6.07. The summed E-state index contributed by atoms with van der Waals surface area (Å²) in [5.74, 6) is -0.583. The fourth-order valence-corrected chi connectivity index (χ4v) is 3.50. The van der Waals surface area contributed by atoms with Gasteiger partial charge in [-0.25, -0.2) is 9.18 Å². The molecule has 2 heterocycles. The average Bonchev–Trinajstić information content (AvgIpc) is 2.80. The lowest BCUT2D eigenvalue weighted by Gasteiger charge is -2.39. The zero-order valence-electron chi connectivity index (χ0n) is 15.3. The number of piperidine rings is 1. The normalized spacial score (nSPS) is 19.8. The Bertz CT molecular complexity index is 731. The Labute approximate surface area is 152 Å². The molecule has 0 unspecified atom stereocenters. The van der Waals surface area contributed by atoms with Crippen LogP contribution >= 0.6 is 0 Å². The van der Waals surface area contributed by atoms with E-state index in [1.807, 2.05) is 20.8 Å².